The molecule has 0 fully saturated rings. The third kappa shape index (κ3) is 6.20. The van der Waals surface area contributed by atoms with Crippen molar-refractivity contribution < 1.29 is 32.7 Å². The number of fused-ring (bicyclic) bond motifs is 1. The van der Waals surface area contributed by atoms with Gasteiger partial charge in [0.15, 0.2) is 19.8 Å². The van der Waals surface area contributed by atoms with E-state index in [0.717, 1.165) is 11.3 Å². The maximum atomic E-state index is 12.8. The Morgan fingerprint density at radius 1 is 1.40 bits per heavy atom. The van der Waals surface area contributed by atoms with Crippen LogP contribution < -0.4 is 10.0 Å². The van der Waals surface area contributed by atoms with Crippen molar-refractivity contribution in [2.75, 3.05) is 13.2 Å². The predicted octanol–water partition coefficient (Wildman–Crippen LogP) is 1.97. The van der Waals surface area contributed by atoms with Gasteiger partial charge in [-0.05, 0) is 44.4 Å². The van der Waals surface area contributed by atoms with Crippen LogP contribution in [0.3, 0.4) is 0 Å². The summed E-state index contributed by atoms with van der Waals surface area (Å²) in [7, 11) is -7.25. The van der Waals surface area contributed by atoms with Crippen LogP contribution in [0.4, 0.5) is 0 Å². The molecular formula is C16H28N4O7S3. The molecule has 0 saturated carbocycles. The highest BCUT2D eigenvalue weighted by Gasteiger charge is 2.39. The number of amides is 1. The average Bonchev–Trinajstić information content (AvgIpc) is 3.10. The number of unbranched alkanes of at least 4 members (excludes halogenated alkanes) is 2. The Hall–Kier alpha value is -1.13. The Kier molecular flexibility index (Phi) is 8.76. The molecule has 0 radical (unpaired) electrons. The SMILES string of the molecule is CCN[C@H]1CC(C)S(=O)(=O)c2sc(S(=N)(=O)NC(=O)CCCCCON(O)O)cc21. The van der Waals surface area contributed by atoms with Crippen molar-refractivity contribution in [3.63, 3.8) is 0 Å². The van der Waals surface area contributed by atoms with E-state index in [9.17, 15) is 17.4 Å². The van der Waals surface area contributed by atoms with E-state index in [-0.39, 0.29) is 32.9 Å². The lowest BCUT2D eigenvalue weighted by molar-refractivity contribution is -0.492. The zero-order valence-electron chi connectivity index (χ0n) is 16.8. The molecule has 1 aromatic heterocycles. The molecule has 14 heteroatoms. The van der Waals surface area contributed by atoms with E-state index < -0.39 is 30.9 Å². The van der Waals surface area contributed by atoms with Gasteiger partial charge in [-0.3, -0.25) is 24.8 Å². The van der Waals surface area contributed by atoms with E-state index in [1.807, 2.05) is 6.92 Å². The normalized spacial score (nSPS) is 22.4. The Morgan fingerprint density at radius 2 is 2.10 bits per heavy atom. The fraction of sp³-hybridized carbons (Fsp3) is 0.688. The maximum absolute atomic E-state index is 12.8. The summed E-state index contributed by atoms with van der Waals surface area (Å²) in [6, 6.07) is 1.24. The van der Waals surface area contributed by atoms with Crippen molar-refractivity contribution in [1.29, 1.82) is 4.78 Å². The second-order valence-electron chi connectivity index (χ2n) is 6.99. The van der Waals surface area contributed by atoms with Gasteiger partial charge in [-0.25, -0.2) is 17.4 Å². The third-order valence-electron chi connectivity index (χ3n) is 4.68. The van der Waals surface area contributed by atoms with Gasteiger partial charge < -0.3 is 5.32 Å². The van der Waals surface area contributed by atoms with Crippen molar-refractivity contribution >= 4 is 37.0 Å². The summed E-state index contributed by atoms with van der Waals surface area (Å²) in [5.41, 5.74) is 0.506. The Bertz CT molecular complexity index is 944. The van der Waals surface area contributed by atoms with Gasteiger partial charge in [0.1, 0.15) is 8.42 Å². The van der Waals surface area contributed by atoms with Crippen molar-refractivity contribution in [3.05, 3.63) is 11.6 Å². The summed E-state index contributed by atoms with van der Waals surface area (Å²) < 4.78 is 48.7. The van der Waals surface area contributed by atoms with Crippen molar-refractivity contribution in [3.8, 4) is 0 Å². The fourth-order valence-electron chi connectivity index (χ4n) is 3.15. The van der Waals surface area contributed by atoms with Gasteiger partial charge in [0, 0.05) is 12.5 Å². The van der Waals surface area contributed by atoms with Crippen LogP contribution in [0.25, 0.3) is 0 Å². The summed E-state index contributed by atoms with van der Waals surface area (Å²) in [6.45, 7) is 4.23. The molecule has 11 nitrogen and oxygen atoms in total. The number of rotatable bonds is 11. The zero-order valence-corrected chi connectivity index (χ0v) is 19.2. The maximum Gasteiger partial charge on any atom is 0.232 e. The van der Waals surface area contributed by atoms with Gasteiger partial charge in [-0.2, -0.15) is 0 Å². The Balaban J connectivity index is 2.05. The summed E-state index contributed by atoms with van der Waals surface area (Å²) >= 11 is 0.788. The van der Waals surface area contributed by atoms with Crippen LogP contribution in [0.15, 0.2) is 14.5 Å². The van der Waals surface area contributed by atoms with Gasteiger partial charge >= 0.3 is 0 Å². The first kappa shape index (κ1) is 25.1. The summed E-state index contributed by atoms with van der Waals surface area (Å²) in [5, 5.41) is 19.0. The summed E-state index contributed by atoms with van der Waals surface area (Å²) in [4.78, 5) is 16.5. The highest BCUT2D eigenvalue weighted by molar-refractivity contribution is 7.96. The highest BCUT2D eigenvalue weighted by atomic mass is 32.3. The second-order valence-corrected chi connectivity index (χ2v) is 12.6. The molecule has 172 valence electrons. The van der Waals surface area contributed by atoms with Gasteiger partial charge in [0.25, 0.3) is 0 Å². The monoisotopic (exact) mass is 484 g/mol. The standard InChI is InChI=1S/C16H28N4O7S3/c1-3-18-13-9-11(2)29(24,25)16-12(13)10-15(28-16)30(17,26)19-14(21)7-5-4-6-8-27-20(22)23/h10-11,13,18,22-23H,3-9H2,1-2H3,(H2,17,19,21,26)/t11?,13-,30?/m0/s1. The lowest BCUT2D eigenvalue weighted by Gasteiger charge is -2.27. The largest absolute Gasteiger partial charge is 0.310 e. The molecule has 1 aromatic rings. The first-order valence-electron chi connectivity index (χ1n) is 9.50. The molecule has 2 rings (SSSR count). The number of hydrogen-bond acceptors (Lipinski definition) is 11. The van der Waals surface area contributed by atoms with Crippen LogP contribution in [0.2, 0.25) is 0 Å². The number of nitrogens with zero attached hydrogens (tertiary/aromatic N) is 1. The molecule has 3 atom stereocenters. The first-order chi connectivity index (χ1) is 14.0. The van der Waals surface area contributed by atoms with Gasteiger partial charge in [-0.15, -0.1) is 11.3 Å². The lowest BCUT2D eigenvalue weighted by atomic mass is 10.1. The summed E-state index contributed by atoms with van der Waals surface area (Å²) in [5.74, 6) is -0.576. The Morgan fingerprint density at radius 3 is 2.73 bits per heavy atom. The molecule has 0 saturated heterocycles. The van der Waals surface area contributed by atoms with Crippen molar-refractivity contribution in [1.82, 2.24) is 15.4 Å². The van der Waals surface area contributed by atoms with Crippen LogP contribution in [0, 0.1) is 4.78 Å². The minimum Gasteiger partial charge on any atom is -0.310 e. The van der Waals surface area contributed by atoms with E-state index in [1.165, 1.54) is 6.07 Å². The number of sulfone groups is 1. The number of carbonyl (C=O) groups excluding carboxylic acids is 1. The summed E-state index contributed by atoms with van der Waals surface area (Å²) in [6.07, 6.45) is 1.86. The molecule has 1 aliphatic rings. The molecule has 2 heterocycles. The predicted molar refractivity (Wildman–Crippen MR) is 109 cm³/mol. The van der Waals surface area contributed by atoms with E-state index in [2.05, 4.69) is 14.9 Å². The van der Waals surface area contributed by atoms with Crippen LogP contribution >= 0.6 is 11.3 Å². The third-order valence-corrected chi connectivity index (χ3v) is 10.5. The molecule has 1 amide bonds. The first-order valence-corrected chi connectivity index (χ1v) is 13.4. The lowest BCUT2D eigenvalue weighted by Crippen LogP contribution is -2.33. The number of hydrogen-bond donors (Lipinski definition) is 5. The van der Waals surface area contributed by atoms with Crippen molar-refractivity contribution in [2.45, 2.75) is 65.7 Å². The fourth-order valence-corrected chi connectivity index (χ4v) is 8.23. The molecule has 0 bridgehead atoms. The molecule has 0 aromatic carbocycles. The molecule has 2 unspecified atom stereocenters. The molecule has 30 heavy (non-hydrogen) atoms. The van der Waals surface area contributed by atoms with Gasteiger partial charge in [0.05, 0.1) is 17.2 Å². The van der Waals surface area contributed by atoms with E-state index in [4.69, 9.17) is 15.2 Å². The van der Waals surface area contributed by atoms with Crippen LogP contribution in [-0.4, -0.2) is 52.7 Å². The minimum atomic E-state index is -3.69. The van der Waals surface area contributed by atoms with Crippen molar-refractivity contribution in [2.24, 2.45) is 0 Å². The topological polar surface area (TPSA) is 169 Å². The molecule has 1 aliphatic heterocycles. The number of nitrogens with one attached hydrogen (secondary N) is 3. The van der Waals surface area contributed by atoms with Crippen LogP contribution in [0.5, 0.6) is 0 Å². The number of carbonyl (C=O) groups is 1. The quantitative estimate of drug-likeness (QED) is 0.233. The van der Waals surface area contributed by atoms with Crippen LogP contribution in [-0.2, 0) is 29.4 Å². The Labute approximate surface area is 180 Å². The van der Waals surface area contributed by atoms with E-state index in [0.29, 0.717) is 37.8 Å². The van der Waals surface area contributed by atoms with E-state index >= 15 is 0 Å². The molecular weight excluding hydrogens is 456 g/mol. The molecule has 0 aliphatic carbocycles. The molecule has 5 N–H and O–H groups in total. The second kappa shape index (κ2) is 10.5. The zero-order chi connectivity index (χ0) is 22.5. The van der Waals surface area contributed by atoms with Gasteiger partial charge in [0.2, 0.25) is 5.91 Å². The van der Waals surface area contributed by atoms with Crippen LogP contribution in [0.1, 0.15) is 57.6 Å². The van der Waals surface area contributed by atoms with Gasteiger partial charge in [-0.1, -0.05) is 13.3 Å². The highest BCUT2D eigenvalue weighted by Crippen LogP contribution is 2.42. The molecule has 0 spiro atoms. The minimum absolute atomic E-state index is 0.0146. The average molecular weight is 485 g/mol. The smallest absolute Gasteiger partial charge is 0.232 e. The van der Waals surface area contributed by atoms with E-state index in [1.54, 1.807) is 6.92 Å². The number of thiophene rings is 1.